The average molecular weight is 295 g/mol. The normalized spacial score (nSPS) is 10.8. The van der Waals surface area contributed by atoms with Gasteiger partial charge in [0.2, 0.25) is 0 Å². The molecule has 0 aliphatic carbocycles. The number of aromatic amines is 1. The molecule has 0 aliphatic heterocycles. The van der Waals surface area contributed by atoms with Gasteiger partial charge in [-0.2, -0.15) is 0 Å². The van der Waals surface area contributed by atoms with Gasteiger partial charge in [-0.05, 0) is 30.2 Å². The van der Waals surface area contributed by atoms with E-state index in [0.29, 0.717) is 27.2 Å². The van der Waals surface area contributed by atoms with Crippen LogP contribution in [0.25, 0.3) is 11.4 Å². The van der Waals surface area contributed by atoms with Crippen LogP contribution in [0.5, 0.6) is 5.75 Å². The fraction of sp³-hybridized carbons (Fsp3) is 0.286. The van der Waals surface area contributed by atoms with Gasteiger partial charge in [-0.15, -0.1) is 0 Å². The molecule has 1 N–H and O–H groups in total. The Labute approximate surface area is 122 Å². The summed E-state index contributed by atoms with van der Waals surface area (Å²) in [7, 11) is 1.61. The highest BCUT2D eigenvalue weighted by Gasteiger charge is 2.10. The van der Waals surface area contributed by atoms with Crippen molar-refractivity contribution in [2.24, 2.45) is 0 Å². The maximum Gasteiger partial charge on any atom is 0.142 e. The van der Waals surface area contributed by atoms with Crippen LogP contribution in [0.1, 0.15) is 25.5 Å². The van der Waals surface area contributed by atoms with E-state index in [-0.39, 0.29) is 0 Å². The van der Waals surface area contributed by atoms with Crippen molar-refractivity contribution >= 4 is 23.8 Å². The fourth-order valence-electron chi connectivity index (χ4n) is 1.78. The molecule has 0 atom stereocenters. The van der Waals surface area contributed by atoms with E-state index in [9.17, 15) is 0 Å². The second kappa shape index (κ2) is 5.72. The number of H-pyrrole nitrogens is 1. The maximum atomic E-state index is 5.96. The number of methoxy groups -OCH3 is 1. The van der Waals surface area contributed by atoms with Crippen LogP contribution in [0.15, 0.2) is 24.3 Å². The van der Waals surface area contributed by atoms with E-state index in [4.69, 9.17) is 28.6 Å². The van der Waals surface area contributed by atoms with Crippen molar-refractivity contribution in [3.63, 3.8) is 0 Å². The van der Waals surface area contributed by atoms with Crippen molar-refractivity contribution in [2.45, 2.75) is 19.8 Å². The van der Waals surface area contributed by atoms with Crippen LogP contribution in [0, 0.1) is 4.64 Å². The number of hydrogen-bond acceptors (Lipinski definition) is 3. The van der Waals surface area contributed by atoms with Gasteiger partial charge < -0.3 is 9.72 Å². The van der Waals surface area contributed by atoms with Crippen LogP contribution < -0.4 is 4.74 Å². The number of rotatable bonds is 3. The smallest absolute Gasteiger partial charge is 0.142 e. The highest BCUT2D eigenvalue weighted by molar-refractivity contribution is 7.71. The zero-order valence-electron chi connectivity index (χ0n) is 11.0. The zero-order chi connectivity index (χ0) is 14.0. The SMILES string of the molecule is COc1cc(Cl)ccc1-c1nc(=S)cc(C(C)C)[nH]1. The minimum atomic E-state index is 0.349. The van der Waals surface area contributed by atoms with Crippen LogP contribution >= 0.6 is 23.8 Å². The quantitative estimate of drug-likeness (QED) is 0.841. The third-order valence-electron chi connectivity index (χ3n) is 2.80. The number of nitrogens with one attached hydrogen (secondary N) is 1. The largest absolute Gasteiger partial charge is 0.496 e. The minimum Gasteiger partial charge on any atom is -0.496 e. The first-order valence-electron chi connectivity index (χ1n) is 5.96. The lowest BCUT2D eigenvalue weighted by molar-refractivity contribution is 0.416. The Morgan fingerprint density at radius 3 is 2.68 bits per heavy atom. The predicted molar refractivity (Wildman–Crippen MR) is 80.5 cm³/mol. The molecule has 0 fully saturated rings. The van der Waals surface area contributed by atoms with Gasteiger partial charge in [-0.1, -0.05) is 37.7 Å². The maximum absolute atomic E-state index is 5.96. The lowest BCUT2D eigenvalue weighted by atomic mass is 10.1. The predicted octanol–water partition coefficient (Wildman–Crippen LogP) is 4.59. The molecule has 0 amide bonds. The van der Waals surface area contributed by atoms with E-state index in [1.807, 2.05) is 12.1 Å². The van der Waals surface area contributed by atoms with Gasteiger partial charge in [0.25, 0.3) is 0 Å². The first-order valence-corrected chi connectivity index (χ1v) is 6.75. The molecule has 1 aromatic heterocycles. The van der Waals surface area contributed by atoms with Crippen LogP contribution in [0.2, 0.25) is 5.02 Å². The second-order valence-corrected chi connectivity index (χ2v) is 5.38. The Kier molecular flexibility index (Phi) is 4.22. The average Bonchev–Trinajstić information content (AvgIpc) is 2.37. The number of benzene rings is 1. The van der Waals surface area contributed by atoms with Crippen molar-refractivity contribution in [3.05, 3.63) is 39.6 Å². The van der Waals surface area contributed by atoms with Gasteiger partial charge in [0, 0.05) is 10.7 Å². The van der Waals surface area contributed by atoms with Crippen LogP contribution in [-0.2, 0) is 0 Å². The lowest BCUT2D eigenvalue weighted by Crippen LogP contribution is -1.99. The van der Waals surface area contributed by atoms with Crippen LogP contribution in [0.4, 0.5) is 0 Å². The van der Waals surface area contributed by atoms with Gasteiger partial charge >= 0.3 is 0 Å². The van der Waals surface area contributed by atoms with Gasteiger partial charge in [0.1, 0.15) is 16.2 Å². The molecule has 1 aromatic carbocycles. The molecule has 0 unspecified atom stereocenters. The summed E-state index contributed by atoms with van der Waals surface area (Å²) in [5, 5.41) is 0.624. The molecule has 3 nitrogen and oxygen atoms in total. The van der Waals surface area contributed by atoms with E-state index in [1.54, 1.807) is 19.2 Å². The number of hydrogen-bond donors (Lipinski definition) is 1. The fourth-order valence-corrected chi connectivity index (χ4v) is 2.16. The monoisotopic (exact) mass is 294 g/mol. The molecule has 1 heterocycles. The summed E-state index contributed by atoms with van der Waals surface area (Å²) in [5.74, 6) is 1.72. The first kappa shape index (κ1) is 14.0. The molecule has 19 heavy (non-hydrogen) atoms. The molecular weight excluding hydrogens is 280 g/mol. The molecule has 0 spiro atoms. The van der Waals surface area contributed by atoms with E-state index >= 15 is 0 Å². The van der Waals surface area contributed by atoms with Crippen molar-refractivity contribution in [1.29, 1.82) is 0 Å². The number of aromatic nitrogens is 2. The summed E-state index contributed by atoms with van der Waals surface area (Å²) in [5.41, 5.74) is 1.90. The first-order chi connectivity index (χ1) is 9.01. The third-order valence-corrected chi connectivity index (χ3v) is 3.25. The zero-order valence-corrected chi connectivity index (χ0v) is 12.6. The van der Waals surface area contributed by atoms with E-state index in [0.717, 1.165) is 11.3 Å². The molecule has 0 radical (unpaired) electrons. The minimum absolute atomic E-state index is 0.349. The standard InChI is InChI=1S/C14H15ClN2OS/c1-8(2)11-7-13(19)17-14(16-11)10-5-4-9(15)6-12(10)18-3/h4-8H,1-3H3,(H,16,17,19). The third kappa shape index (κ3) is 3.14. The Balaban J connectivity index is 2.61. The summed E-state index contributed by atoms with van der Waals surface area (Å²) in [6.07, 6.45) is 0. The molecule has 0 aliphatic rings. The summed E-state index contributed by atoms with van der Waals surface area (Å²) >= 11 is 11.2. The lowest BCUT2D eigenvalue weighted by Gasteiger charge is -2.11. The molecule has 0 bridgehead atoms. The number of halogens is 1. The number of ether oxygens (including phenoxy) is 1. The van der Waals surface area contributed by atoms with E-state index in [2.05, 4.69) is 23.8 Å². The Morgan fingerprint density at radius 1 is 1.32 bits per heavy atom. The van der Waals surface area contributed by atoms with Crippen molar-refractivity contribution in [2.75, 3.05) is 7.11 Å². The molecule has 2 aromatic rings. The van der Waals surface area contributed by atoms with Gasteiger partial charge in [-0.25, -0.2) is 4.98 Å². The molecule has 5 heteroatoms. The van der Waals surface area contributed by atoms with Gasteiger partial charge in [-0.3, -0.25) is 0 Å². The summed E-state index contributed by atoms with van der Waals surface area (Å²) in [4.78, 5) is 7.66. The molecule has 0 saturated heterocycles. The molecule has 2 rings (SSSR count). The van der Waals surface area contributed by atoms with E-state index < -0.39 is 0 Å². The van der Waals surface area contributed by atoms with Gasteiger partial charge in [0.15, 0.2) is 0 Å². The summed E-state index contributed by atoms with van der Waals surface area (Å²) < 4.78 is 5.91. The Morgan fingerprint density at radius 2 is 2.05 bits per heavy atom. The van der Waals surface area contributed by atoms with Crippen molar-refractivity contribution in [3.8, 4) is 17.1 Å². The van der Waals surface area contributed by atoms with Gasteiger partial charge in [0.05, 0.1) is 12.7 Å². The number of nitrogens with zero attached hydrogens (tertiary/aromatic N) is 1. The van der Waals surface area contributed by atoms with Crippen molar-refractivity contribution in [1.82, 2.24) is 9.97 Å². The Bertz CT molecular complexity index is 652. The van der Waals surface area contributed by atoms with E-state index in [1.165, 1.54) is 0 Å². The summed E-state index contributed by atoms with van der Waals surface area (Å²) in [6.45, 7) is 4.20. The topological polar surface area (TPSA) is 37.9 Å². The molecule has 0 saturated carbocycles. The van der Waals surface area contributed by atoms with Crippen molar-refractivity contribution < 1.29 is 4.74 Å². The Hall–Kier alpha value is -1.39. The molecule has 100 valence electrons. The summed E-state index contributed by atoms with van der Waals surface area (Å²) in [6, 6.07) is 7.32. The van der Waals surface area contributed by atoms with Crippen LogP contribution in [0.3, 0.4) is 0 Å². The highest BCUT2D eigenvalue weighted by atomic mass is 35.5. The second-order valence-electron chi connectivity index (χ2n) is 4.52. The molecular formula is C14H15ClN2OS. The van der Waals surface area contributed by atoms with Crippen LogP contribution in [-0.4, -0.2) is 17.1 Å². The highest BCUT2D eigenvalue weighted by Crippen LogP contribution is 2.30.